The molecule has 0 aliphatic carbocycles. The quantitative estimate of drug-likeness (QED) is 0.836. The Morgan fingerprint density at radius 1 is 1.33 bits per heavy atom. The topological polar surface area (TPSA) is 93.9 Å². The summed E-state index contributed by atoms with van der Waals surface area (Å²) in [4.78, 5) is 19.0. The zero-order valence-corrected chi connectivity index (χ0v) is 14.7. The van der Waals surface area contributed by atoms with E-state index in [1.807, 2.05) is 30.5 Å². The Labute approximate surface area is 144 Å². The third kappa shape index (κ3) is 2.71. The Morgan fingerprint density at radius 3 is 2.75 bits per heavy atom. The second-order valence-electron chi connectivity index (χ2n) is 6.03. The van der Waals surface area contributed by atoms with E-state index in [-0.39, 0.29) is 18.3 Å². The summed E-state index contributed by atoms with van der Waals surface area (Å²) in [5, 5.41) is 2.02. The molecule has 0 spiro atoms. The Hall–Kier alpha value is -2.54. The van der Waals surface area contributed by atoms with E-state index < -0.39 is 5.54 Å². The van der Waals surface area contributed by atoms with Gasteiger partial charge >= 0.3 is 0 Å². The van der Waals surface area contributed by atoms with Crippen LogP contribution in [0.3, 0.4) is 0 Å². The van der Waals surface area contributed by atoms with Crippen molar-refractivity contribution in [2.45, 2.75) is 18.9 Å². The van der Waals surface area contributed by atoms with Crippen molar-refractivity contribution in [2.24, 2.45) is 10.7 Å². The number of ether oxygens (including phenoxy) is 1. The lowest BCUT2D eigenvalue weighted by Gasteiger charge is -2.32. The molecule has 1 aliphatic heterocycles. The molecule has 1 aliphatic rings. The van der Waals surface area contributed by atoms with Gasteiger partial charge in [-0.05, 0) is 42.1 Å². The van der Waals surface area contributed by atoms with Gasteiger partial charge in [0.15, 0.2) is 5.96 Å². The number of anilines is 1. The van der Waals surface area contributed by atoms with Gasteiger partial charge in [0.25, 0.3) is 0 Å². The Balaban J connectivity index is 2.03. The molecule has 1 aromatic carbocycles. The van der Waals surface area contributed by atoms with Gasteiger partial charge in [0.1, 0.15) is 11.3 Å². The van der Waals surface area contributed by atoms with E-state index in [2.05, 4.69) is 4.99 Å². The van der Waals surface area contributed by atoms with Crippen molar-refractivity contribution < 1.29 is 9.53 Å². The summed E-state index contributed by atoms with van der Waals surface area (Å²) >= 11 is 1.55. The summed E-state index contributed by atoms with van der Waals surface area (Å²) in [5.41, 5.74) is 13.7. The maximum absolute atomic E-state index is 12.1. The molecule has 1 aromatic heterocycles. The molecule has 4 N–H and O–H groups in total. The lowest BCUT2D eigenvalue weighted by Crippen LogP contribution is -2.47. The van der Waals surface area contributed by atoms with Crippen LogP contribution < -0.4 is 16.2 Å². The highest BCUT2D eigenvalue weighted by molar-refractivity contribution is 7.10. The Morgan fingerprint density at radius 2 is 2.08 bits per heavy atom. The maximum atomic E-state index is 12.1. The number of rotatable bonds is 3. The van der Waals surface area contributed by atoms with Crippen LogP contribution in [0, 0.1) is 0 Å². The number of thiophene rings is 1. The smallest absolute Gasteiger partial charge is 0.231 e. The van der Waals surface area contributed by atoms with Gasteiger partial charge in [-0.15, -0.1) is 11.3 Å². The number of nitrogens with zero attached hydrogens (tertiary/aromatic N) is 2. The summed E-state index contributed by atoms with van der Waals surface area (Å²) in [6.07, 6.45) is 0.290. The first-order chi connectivity index (χ1) is 11.3. The molecule has 2 heterocycles. The minimum Gasteiger partial charge on any atom is -0.496 e. The highest BCUT2D eigenvalue weighted by Crippen LogP contribution is 2.41. The number of methoxy groups -OCH3 is 1. The fourth-order valence-electron chi connectivity index (χ4n) is 2.76. The lowest BCUT2D eigenvalue weighted by atomic mass is 9.93. The molecule has 2 aromatic rings. The number of hydrogen-bond acceptors (Lipinski definition) is 6. The van der Waals surface area contributed by atoms with Crippen LogP contribution in [0.1, 0.15) is 18.2 Å². The van der Waals surface area contributed by atoms with E-state index in [9.17, 15) is 4.79 Å². The molecule has 0 unspecified atom stereocenters. The van der Waals surface area contributed by atoms with E-state index in [1.165, 1.54) is 4.90 Å². The summed E-state index contributed by atoms with van der Waals surface area (Å²) in [7, 11) is 3.27. The number of nitrogens with two attached hydrogens (primary N) is 2. The van der Waals surface area contributed by atoms with E-state index in [0.717, 1.165) is 21.8 Å². The summed E-state index contributed by atoms with van der Waals surface area (Å²) < 4.78 is 5.42. The maximum Gasteiger partial charge on any atom is 0.231 e. The first-order valence-corrected chi connectivity index (χ1v) is 8.37. The van der Waals surface area contributed by atoms with Crippen molar-refractivity contribution in [3.63, 3.8) is 0 Å². The van der Waals surface area contributed by atoms with Crippen molar-refractivity contribution in [1.29, 1.82) is 0 Å². The molecular weight excluding hydrogens is 324 g/mol. The standard InChI is InChI=1S/C17H20N4O2S/c1-17(8-15(22)21(2)16(19)20-17)14-6-10(9-24-14)12-7-11(18)4-5-13(12)23-3/h4-7,9H,8,18H2,1-3H3,(H2,19,20)/t17-/m0/s1. The van der Waals surface area contributed by atoms with Crippen molar-refractivity contribution in [1.82, 2.24) is 4.90 Å². The second kappa shape index (κ2) is 5.83. The van der Waals surface area contributed by atoms with Crippen molar-refractivity contribution in [2.75, 3.05) is 19.9 Å². The van der Waals surface area contributed by atoms with Gasteiger partial charge in [0.2, 0.25) is 5.91 Å². The first kappa shape index (κ1) is 16.3. The lowest BCUT2D eigenvalue weighted by molar-refractivity contribution is -0.128. The van der Waals surface area contributed by atoms with E-state index in [0.29, 0.717) is 5.69 Å². The van der Waals surface area contributed by atoms with Crippen molar-refractivity contribution in [3.8, 4) is 16.9 Å². The third-order valence-corrected chi connectivity index (χ3v) is 5.42. The predicted molar refractivity (Wildman–Crippen MR) is 97.1 cm³/mol. The van der Waals surface area contributed by atoms with Gasteiger partial charge < -0.3 is 16.2 Å². The normalized spacial score (nSPS) is 20.9. The molecule has 0 bridgehead atoms. The molecule has 0 radical (unpaired) electrons. The fraction of sp³-hybridized carbons (Fsp3) is 0.294. The van der Waals surface area contributed by atoms with Crippen molar-refractivity contribution >= 4 is 28.9 Å². The van der Waals surface area contributed by atoms with E-state index in [1.54, 1.807) is 31.6 Å². The SMILES string of the molecule is COc1ccc(N)cc1-c1csc([C@]2(C)CC(=O)N(C)C(N)=N2)c1. The molecule has 126 valence electrons. The number of hydrogen-bond donors (Lipinski definition) is 2. The number of carbonyl (C=O) groups excluding carboxylic acids is 1. The average molecular weight is 344 g/mol. The van der Waals surface area contributed by atoms with Crippen LogP contribution in [0.2, 0.25) is 0 Å². The fourth-order valence-corrected chi connectivity index (χ4v) is 3.78. The molecule has 0 saturated carbocycles. The summed E-state index contributed by atoms with van der Waals surface area (Å²) in [6, 6.07) is 7.55. The van der Waals surface area contributed by atoms with Gasteiger partial charge in [-0.25, -0.2) is 4.99 Å². The molecule has 0 saturated heterocycles. The predicted octanol–water partition coefficient (Wildman–Crippen LogP) is 2.40. The van der Waals surface area contributed by atoms with Crippen LogP contribution in [0.4, 0.5) is 5.69 Å². The Bertz CT molecular complexity index is 830. The molecule has 24 heavy (non-hydrogen) atoms. The zero-order valence-electron chi connectivity index (χ0n) is 13.9. The average Bonchev–Trinajstić information content (AvgIpc) is 3.03. The number of amides is 1. The van der Waals surface area contributed by atoms with Crippen LogP contribution in [-0.4, -0.2) is 30.9 Å². The largest absolute Gasteiger partial charge is 0.496 e. The monoisotopic (exact) mass is 344 g/mol. The molecule has 6 nitrogen and oxygen atoms in total. The molecule has 7 heteroatoms. The number of carbonyl (C=O) groups is 1. The number of guanidine groups is 1. The van der Waals surface area contributed by atoms with Crippen LogP contribution in [0.15, 0.2) is 34.6 Å². The number of benzene rings is 1. The minimum atomic E-state index is -0.649. The summed E-state index contributed by atoms with van der Waals surface area (Å²) in [6.45, 7) is 1.93. The highest BCUT2D eigenvalue weighted by atomic mass is 32.1. The van der Waals surface area contributed by atoms with Gasteiger partial charge in [0.05, 0.1) is 13.5 Å². The van der Waals surface area contributed by atoms with Gasteiger partial charge in [0, 0.05) is 23.2 Å². The van der Waals surface area contributed by atoms with E-state index >= 15 is 0 Å². The van der Waals surface area contributed by atoms with Gasteiger partial charge in [-0.3, -0.25) is 9.69 Å². The van der Waals surface area contributed by atoms with Gasteiger partial charge in [-0.2, -0.15) is 0 Å². The number of aliphatic imine (C=N–C) groups is 1. The van der Waals surface area contributed by atoms with Crippen LogP contribution >= 0.6 is 11.3 Å². The highest BCUT2D eigenvalue weighted by Gasteiger charge is 2.37. The third-order valence-electron chi connectivity index (χ3n) is 4.24. The molecular formula is C17H20N4O2S. The molecule has 1 amide bonds. The second-order valence-corrected chi connectivity index (χ2v) is 6.94. The van der Waals surface area contributed by atoms with Crippen LogP contribution in [-0.2, 0) is 10.3 Å². The van der Waals surface area contributed by atoms with E-state index in [4.69, 9.17) is 16.2 Å². The zero-order chi connectivity index (χ0) is 17.5. The summed E-state index contributed by atoms with van der Waals surface area (Å²) in [5.74, 6) is 0.952. The first-order valence-electron chi connectivity index (χ1n) is 7.49. The molecule has 3 rings (SSSR count). The van der Waals surface area contributed by atoms with Crippen molar-refractivity contribution in [3.05, 3.63) is 34.5 Å². The molecule has 1 atom stereocenters. The van der Waals surface area contributed by atoms with Crippen LogP contribution in [0.25, 0.3) is 11.1 Å². The van der Waals surface area contributed by atoms with Crippen LogP contribution in [0.5, 0.6) is 5.75 Å². The minimum absolute atomic E-state index is 0.0403. The number of nitrogen functional groups attached to an aromatic ring is 1. The molecule has 0 fully saturated rings. The van der Waals surface area contributed by atoms with Gasteiger partial charge in [-0.1, -0.05) is 0 Å². The Kier molecular flexibility index (Phi) is 3.96.